The molecule has 0 aromatic rings. The van der Waals surface area contributed by atoms with E-state index in [9.17, 15) is 9.90 Å². The Morgan fingerprint density at radius 1 is 0.870 bits per heavy atom. The lowest BCUT2D eigenvalue weighted by atomic mass is 10.0. The molecule has 0 radical (unpaired) electrons. The summed E-state index contributed by atoms with van der Waals surface area (Å²) >= 11 is 0. The lowest BCUT2D eigenvalue weighted by Crippen LogP contribution is -2.00. The molecule has 3 heteroatoms. The zero-order valence-electron chi connectivity index (χ0n) is 15.1. The number of aliphatic hydroxyl groups is 1. The molecule has 23 heavy (non-hydrogen) atoms. The molecule has 1 atom stereocenters. The van der Waals surface area contributed by atoms with Crippen LogP contribution in [0.1, 0.15) is 103 Å². The Morgan fingerprint density at radius 2 is 1.39 bits per heavy atom. The fraction of sp³-hybridized carbons (Fsp3) is 0.850. The highest BCUT2D eigenvalue weighted by Crippen LogP contribution is 2.12. The second kappa shape index (κ2) is 17.5. The van der Waals surface area contributed by atoms with E-state index in [-0.39, 0.29) is 6.10 Å². The lowest BCUT2D eigenvalue weighted by molar-refractivity contribution is -0.137. The van der Waals surface area contributed by atoms with Gasteiger partial charge in [0.15, 0.2) is 0 Å². The summed E-state index contributed by atoms with van der Waals surface area (Å²) in [5, 5.41) is 18.2. The molecule has 0 saturated heterocycles. The minimum absolute atomic E-state index is 0.245. The van der Waals surface area contributed by atoms with Gasteiger partial charge in [-0.25, -0.2) is 0 Å². The number of unbranched alkanes of at least 4 members (excludes halogenated alkanes) is 11. The van der Waals surface area contributed by atoms with Crippen molar-refractivity contribution in [2.24, 2.45) is 0 Å². The fourth-order valence-corrected chi connectivity index (χ4v) is 2.72. The van der Waals surface area contributed by atoms with E-state index in [1.54, 1.807) is 0 Å². The predicted octanol–water partition coefficient (Wildman–Crippen LogP) is 5.86. The normalized spacial score (nSPS) is 12.8. The molecule has 0 bridgehead atoms. The summed E-state index contributed by atoms with van der Waals surface area (Å²) in [4.78, 5) is 10.4. The molecule has 0 aliphatic rings. The number of rotatable bonds is 17. The van der Waals surface area contributed by atoms with Crippen molar-refractivity contribution in [3.63, 3.8) is 0 Å². The fourth-order valence-electron chi connectivity index (χ4n) is 2.72. The summed E-state index contributed by atoms with van der Waals surface area (Å²) in [5.41, 5.74) is 0. The summed E-state index contributed by atoms with van der Waals surface area (Å²) < 4.78 is 0. The van der Waals surface area contributed by atoms with Crippen LogP contribution in [0, 0.1) is 0 Å². The summed E-state index contributed by atoms with van der Waals surface area (Å²) in [6, 6.07) is 0. The highest BCUT2D eigenvalue weighted by atomic mass is 16.4. The van der Waals surface area contributed by atoms with Gasteiger partial charge in [0.05, 0.1) is 6.10 Å². The third-order valence-electron chi connectivity index (χ3n) is 4.22. The molecule has 2 N–H and O–H groups in total. The van der Waals surface area contributed by atoms with Gasteiger partial charge in [-0.15, -0.1) is 0 Å². The standard InChI is InChI=1S/C20H38O3/c1-2-3-16-19(21)17-14-12-10-8-6-4-5-7-9-11-13-15-18-20(22)23/h14,17,19,21H,2-13,15-16,18H2,1H3,(H,22,23). The molecule has 1 unspecified atom stereocenters. The van der Waals surface area contributed by atoms with Crippen LogP contribution in [0.4, 0.5) is 0 Å². The van der Waals surface area contributed by atoms with Gasteiger partial charge in [0, 0.05) is 6.42 Å². The summed E-state index contributed by atoms with van der Waals surface area (Å²) in [6.07, 6.45) is 20.5. The van der Waals surface area contributed by atoms with Gasteiger partial charge in [-0.2, -0.15) is 0 Å². The van der Waals surface area contributed by atoms with E-state index in [0.29, 0.717) is 6.42 Å². The number of aliphatic carboxylic acids is 1. The minimum Gasteiger partial charge on any atom is -0.481 e. The predicted molar refractivity (Wildman–Crippen MR) is 97.7 cm³/mol. The largest absolute Gasteiger partial charge is 0.481 e. The molecule has 0 rings (SSSR count). The van der Waals surface area contributed by atoms with E-state index < -0.39 is 5.97 Å². The van der Waals surface area contributed by atoms with Gasteiger partial charge in [-0.05, 0) is 25.7 Å². The maximum absolute atomic E-state index is 10.4. The van der Waals surface area contributed by atoms with E-state index in [2.05, 4.69) is 13.0 Å². The van der Waals surface area contributed by atoms with Gasteiger partial charge in [-0.3, -0.25) is 4.79 Å². The molecular formula is C20H38O3. The van der Waals surface area contributed by atoms with E-state index in [1.165, 1.54) is 51.4 Å². The first-order chi connectivity index (χ1) is 11.2. The quantitative estimate of drug-likeness (QED) is 0.260. The average molecular weight is 327 g/mol. The smallest absolute Gasteiger partial charge is 0.303 e. The molecule has 136 valence electrons. The maximum atomic E-state index is 10.4. The molecule has 0 aliphatic carbocycles. The van der Waals surface area contributed by atoms with Crippen LogP contribution in [0.25, 0.3) is 0 Å². The van der Waals surface area contributed by atoms with E-state index >= 15 is 0 Å². The van der Waals surface area contributed by atoms with Crippen molar-refractivity contribution in [1.82, 2.24) is 0 Å². The summed E-state index contributed by atoms with van der Waals surface area (Å²) in [5.74, 6) is -0.671. The topological polar surface area (TPSA) is 57.5 Å². The Hall–Kier alpha value is -0.830. The SMILES string of the molecule is CCCCC(O)C=CCCCCCCCCCCCCC(=O)O. The Kier molecular flexibility index (Phi) is 16.9. The third kappa shape index (κ3) is 19.1. The second-order valence-electron chi connectivity index (χ2n) is 6.61. The molecule has 0 saturated carbocycles. The Labute approximate surface area is 143 Å². The number of carboxylic acid groups (broad SMARTS) is 1. The molecule has 0 amide bonds. The molecule has 0 aromatic carbocycles. The van der Waals surface area contributed by atoms with Gasteiger partial charge >= 0.3 is 5.97 Å². The molecule has 0 fully saturated rings. The van der Waals surface area contributed by atoms with E-state index in [1.807, 2.05) is 6.08 Å². The van der Waals surface area contributed by atoms with Crippen LogP contribution in [-0.4, -0.2) is 22.3 Å². The van der Waals surface area contributed by atoms with Gasteiger partial charge in [0.25, 0.3) is 0 Å². The van der Waals surface area contributed by atoms with Crippen molar-refractivity contribution in [1.29, 1.82) is 0 Å². The summed E-state index contributed by atoms with van der Waals surface area (Å²) in [6.45, 7) is 2.15. The van der Waals surface area contributed by atoms with Crippen molar-refractivity contribution in [2.75, 3.05) is 0 Å². The van der Waals surface area contributed by atoms with Crippen molar-refractivity contribution in [2.45, 2.75) is 109 Å². The van der Waals surface area contributed by atoms with Crippen LogP contribution >= 0.6 is 0 Å². The van der Waals surface area contributed by atoms with Gasteiger partial charge in [0.1, 0.15) is 0 Å². The van der Waals surface area contributed by atoms with E-state index in [0.717, 1.165) is 38.5 Å². The number of carboxylic acids is 1. The Bertz CT molecular complexity index is 287. The van der Waals surface area contributed by atoms with Gasteiger partial charge in [0.2, 0.25) is 0 Å². The first-order valence-electron chi connectivity index (χ1n) is 9.73. The number of allylic oxidation sites excluding steroid dienone is 1. The number of aliphatic hydroxyl groups excluding tert-OH is 1. The van der Waals surface area contributed by atoms with Crippen LogP contribution in [0.5, 0.6) is 0 Å². The van der Waals surface area contributed by atoms with Crippen LogP contribution < -0.4 is 0 Å². The zero-order valence-corrected chi connectivity index (χ0v) is 15.1. The number of carbonyl (C=O) groups is 1. The highest BCUT2D eigenvalue weighted by Gasteiger charge is 1.98. The Balaban J connectivity index is 3.16. The van der Waals surface area contributed by atoms with Crippen LogP contribution in [0.2, 0.25) is 0 Å². The van der Waals surface area contributed by atoms with Crippen molar-refractivity contribution in [3.05, 3.63) is 12.2 Å². The van der Waals surface area contributed by atoms with Crippen molar-refractivity contribution >= 4 is 5.97 Å². The van der Waals surface area contributed by atoms with Crippen LogP contribution in [0.3, 0.4) is 0 Å². The third-order valence-corrected chi connectivity index (χ3v) is 4.22. The van der Waals surface area contributed by atoms with Crippen molar-refractivity contribution in [3.8, 4) is 0 Å². The zero-order chi connectivity index (χ0) is 17.2. The monoisotopic (exact) mass is 326 g/mol. The molecule has 0 heterocycles. The maximum Gasteiger partial charge on any atom is 0.303 e. The molecule has 3 nitrogen and oxygen atoms in total. The van der Waals surface area contributed by atoms with Crippen LogP contribution in [-0.2, 0) is 4.79 Å². The van der Waals surface area contributed by atoms with Gasteiger partial charge < -0.3 is 10.2 Å². The first-order valence-corrected chi connectivity index (χ1v) is 9.73. The molecule has 0 aliphatic heterocycles. The first kappa shape index (κ1) is 22.2. The second-order valence-corrected chi connectivity index (χ2v) is 6.61. The summed E-state index contributed by atoms with van der Waals surface area (Å²) in [7, 11) is 0. The molecular weight excluding hydrogens is 288 g/mol. The number of hydrogen-bond donors (Lipinski definition) is 2. The molecule has 0 spiro atoms. The average Bonchev–Trinajstić information content (AvgIpc) is 2.52. The van der Waals surface area contributed by atoms with Crippen molar-refractivity contribution < 1.29 is 15.0 Å². The minimum atomic E-state index is -0.671. The molecule has 0 aromatic heterocycles. The number of hydrogen-bond acceptors (Lipinski definition) is 2. The van der Waals surface area contributed by atoms with E-state index in [4.69, 9.17) is 5.11 Å². The van der Waals surface area contributed by atoms with Gasteiger partial charge in [-0.1, -0.05) is 83.3 Å². The van der Waals surface area contributed by atoms with Crippen LogP contribution in [0.15, 0.2) is 12.2 Å². The highest BCUT2D eigenvalue weighted by molar-refractivity contribution is 5.66. The Morgan fingerprint density at radius 3 is 1.91 bits per heavy atom. The lowest BCUT2D eigenvalue weighted by Gasteiger charge is -2.03.